The third-order valence-electron chi connectivity index (χ3n) is 6.17. The molecule has 1 saturated carbocycles. The largest absolute Gasteiger partial charge is 0.399 e. The van der Waals surface area contributed by atoms with Crippen LogP contribution in [0, 0.1) is 5.92 Å². The molecule has 204 valence electrons. The third kappa shape index (κ3) is 9.65. The first-order chi connectivity index (χ1) is 17.5. The molecule has 0 aliphatic heterocycles. The molecule has 0 heterocycles. The Kier molecular flexibility index (Phi) is 12.6. The van der Waals surface area contributed by atoms with Gasteiger partial charge in [-0.25, -0.2) is 0 Å². The Bertz CT molecular complexity index is 1170. The van der Waals surface area contributed by atoms with E-state index >= 15 is 0 Å². The highest BCUT2D eigenvalue weighted by atomic mass is 16.2. The Morgan fingerprint density at radius 2 is 1.21 bits per heavy atom. The fourth-order valence-corrected chi connectivity index (χ4v) is 3.71. The van der Waals surface area contributed by atoms with E-state index in [1.807, 2.05) is 6.92 Å². The van der Waals surface area contributed by atoms with E-state index in [1.54, 1.807) is 55.5 Å². The van der Waals surface area contributed by atoms with Crippen LogP contribution in [0.15, 0.2) is 59.8 Å². The van der Waals surface area contributed by atoms with Crippen LogP contribution in [-0.2, 0) is 14.4 Å². The Morgan fingerprint density at radius 3 is 1.66 bits per heavy atom. The van der Waals surface area contributed by atoms with Crippen LogP contribution in [0.25, 0.3) is 0 Å². The molecule has 9 heteroatoms. The first-order valence-electron chi connectivity index (χ1n) is 12.1. The van der Waals surface area contributed by atoms with Gasteiger partial charge < -0.3 is 22.5 Å². The lowest BCUT2D eigenvalue weighted by Crippen LogP contribution is -2.25. The first kappa shape index (κ1) is 31.8. The quantitative estimate of drug-likeness (QED) is 0.344. The maximum absolute atomic E-state index is 11.6. The van der Waals surface area contributed by atoms with Crippen LogP contribution >= 0.6 is 0 Å². The van der Waals surface area contributed by atoms with Crippen molar-refractivity contribution in [1.82, 2.24) is 0 Å². The molecule has 0 spiro atoms. The summed E-state index contributed by atoms with van der Waals surface area (Å²) in [5.74, 6) is -0.737. The molecule has 0 aromatic heterocycles. The molecular formula is C29H38N4O5. The SMILES string of the molecule is C.CC1=C(Nc2ccc(C(N)=O)cc2)CCCC1=O.CC1C(=O)CCCC1=O.NC(=O)c1ccc(N)cc1. The predicted molar refractivity (Wildman–Crippen MR) is 149 cm³/mol. The van der Waals surface area contributed by atoms with Crippen molar-refractivity contribution in [2.45, 2.75) is 59.8 Å². The summed E-state index contributed by atoms with van der Waals surface area (Å²) in [6.07, 6.45) is 4.38. The van der Waals surface area contributed by atoms with E-state index in [0.717, 1.165) is 36.2 Å². The molecule has 2 aliphatic carbocycles. The normalized spacial score (nSPS) is 15.3. The van der Waals surface area contributed by atoms with Gasteiger partial charge in [0.15, 0.2) is 5.78 Å². The molecule has 0 atom stereocenters. The fourth-order valence-electron chi connectivity index (χ4n) is 3.71. The second-order valence-corrected chi connectivity index (χ2v) is 8.94. The summed E-state index contributed by atoms with van der Waals surface area (Å²) in [6, 6.07) is 13.4. The van der Waals surface area contributed by atoms with Crippen LogP contribution in [0.5, 0.6) is 0 Å². The van der Waals surface area contributed by atoms with E-state index in [2.05, 4.69) is 5.32 Å². The lowest BCUT2D eigenvalue weighted by atomic mass is 9.88. The van der Waals surface area contributed by atoms with Crippen LogP contribution in [-0.4, -0.2) is 29.2 Å². The number of Topliss-reactive ketones (excluding diaryl/α,β-unsaturated/α-hetero) is 3. The van der Waals surface area contributed by atoms with Crippen molar-refractivity contribution in [2.75, 3.05) is 11.1 Å². The molecule has 2 aromatic rings. The second kappa shape index (κ2) is 15.1. The van der Waals surface area contributed by atoms with Crippen molar-refractivity contribution in [3.63, 3.8) is 0 Å². The van der Waals surface area contributed by atoms with Gasteiger partial charge in [-0.1, -0.05) is 7.43 Å². The number of ketones is 3. The van der Waals surface area contributed by atoms with Gasteiger partial charge >= 0.3 is 0 Å². The summed E-state index contributed by atoms with van der Waals surface area (Å²) < 4.78 is 0. The average molecular weight is 523 g/mol. The van der Waals surface area contributed by atoms with Gasteiger partial charge in [0.2, 0.25) is 11.8 Å². The predicted octanol–water partition coefficient (Wildman–Crippen LogP) is 4.17. The van der Waals surface area contributed by atoms with E-state index in [0.29, 0.717) is 36.1 Å². The molecule has 38 heavy (non-hydrogen) atoms. The highest BCUT2D eigenvalue weighted by Crippen LogP contribution is 2.23. The minimum absolute atomic E-state index is 0. The molecule has 1 fully saturated rings. The summed E-state index contributed by atoms with van der Waals surface area (Å²) in [5.41, 5.74) is 19.8. The van der Waals surface area contributed by atoms with E-state index in [9.17, 15) is 24.0 Å². The molecule has 9 nitrogen and oxygen atoms in total. The molecule has 0 bridgehead atoms. The standard InChI is InChI=1S/C14H16N2O2.C7H8N2O.C7H10O2.CH4/c1-9-12(3-2-4-13(9)17)16-11-7-5-10(6-8-11)14(15)18;8-6-3-1-5(2-4-6)7(9)10;1-5-6(8)3-2-4-7(5)9;/h5-8,16H,2-4H2,1H3,(H2,15,18);1-4H,8H2,(H2,9,10);5H,2-4H2,1H3;1H4. The third-order valence-corrected chi connectivity index (χ3v) is 6.17. The van der Waals surface area contributed by atoms with E-state index < -0.39 is 11.8 Å². The highest BCUT2D eigenvalue weighted by Gasteiger charge is 2.24. The number of primary amides is 2. The van der Waals surface area contributed by atoms with Crippen LogP contribution in [0.2, 0.25) is 0 Å². The van der Waals surface area contributed by atoms with Crippen LogP contribution in [0.3, 0.4) is 0 Å². The lowest BCUT2D eigenvalue weighted by molar-refractivity contribution is -0.134. The fraction of sp³-hybridized carbons (Fsp3) is 0.345. The maximum Gasteiger partial charge on any atom is 0.248 e. The van der Waals surface area contributed by atoms with Gasteiger partial charge in [0, 0.05) is 53.0 Å². The zero-order valence-electron chi connectivity index (χ0n) is 21.2. The van der Waals surface area contributed by atoms with Crippen molar-refractivity contribution < 1.29 is 24.0 Å². The zero-order chi connectivity index (χ0) is 27.5. The van der Waals surface area contributed by atoms with Crippen molar-refractivity contribution >= 4 is 40.5 Å². The number of rotatable bonds is 4. The summed E-state index contributed by atoms with van der Waals surface area (Å²) in [7, 11) is 0. The summed E-state index contributed by atoms with van der Waals surface area (Å²) in [4.78, 5) is 54.6. The summed E-state index contributed by atoms with van der Waals surface area (Å²) in [6.45, 7) is 3.55. The molecular weight excluding hydrogens is 484 g/mol. The molecule has 4 rings (SSSR count). The van der Waals surface area contributed by atoms with E-state index in [1.165, 1.54) is 0 Å². The zero-order valence-corrected chi connectivity index (χ0v) is 21.2. The van der Waals surface area contributed by atoms with Gasteiger partial charge in [-0.2, -0.15) is 0 Å². The Hall–Kier alpha value is -4.27. The van der Waals surface area contributed by atoms with Gasteiger partial charge in [-0.05, 0) is 81.6 Å². The smallest absolute Gasteiger partial charge is 0.248 e. The Labute approximate surface area is 223 Å². The molecule has 2 aromatic carbocycles. The number of nitrogens with one attached hydrogen (secondary N) is 1. The number of amides is 2. The highest BCUT2D eigenvalue weighted by molar-refractivity contribution is 6.04. The van der Waals surface area contributed by atoms with Crippen molar-refractivity contribution in [1.29, 1.82) is 0 Å². The van der Waals surface area contributed by atoms with Crippen molar-refractivity contribution in [2.24, 2.45) is 17.4 Å². The lowest BCUT2D eigenvalue weighted by Gasteiger charge is -2.18. The molecule has 0 saturated heterocycles. The van der Waals surface area contributed by atoms with Gasteiger partial charge in [0.05, 0.1) is 5.92 Å². The number of nitrogen functional groups attached to an aromatic ring is 1. The van der Waals surface area contributed by atoms with Gasteiger partial charge in [0.1, 0.15) is 11.6 Å². The van der Waals surface area contributed by atoms with Gasteiger partial charge in [-0.3, -0.25) is 24.0 Å². The minimum atomic E-state index is -0.440. The van der Waals surface area contributed by atoms with Gasteiger partial charge in [-0.15, -0.1) is 0 Å². The van der Waals surface area contributed by atoms with Crippen LogP contribution < -0.4 is 22.5 Å². The minimum Gasteiger partial charge on any atom is -0.399 e. The second-order valence-electron chi connectivity index (χ2n) is 8.94. The maximum atomic E-state index is 11.6. The number of benzene rings is 2. The Balaban J connectivity index is 0.000000307. The summed E-state index contributed by atoms with van der Waals surface area (Å²) in [5, 5.41) is 3.23. The molecule has 2 aliphatic rings. The summed E-state index contributed by atoms with van der Waals surface area (Å²) >= 11 is 0. The molecule has 0 radical (unpaired) electrons. The number of nitrogens with two attached hydrogens (primary N) is 3. The Morgan fingerprint density at radius 1 is 0.763 bits per heavy atom. The van der Waals surface area contributed by atoms with Crippen LogP contribution in [0.4, 0.5) is 11.4 Å². The average Bonchev–Trinajstić information content (AvgIpc) is 2.87. The molecule has 0 unspecified atom stereocenters. The number of carbonyl (C=O) groups excluding carboxylic acids is 5. The topological polar surface area (TPSA) is 175 Å². The van der Waals surface area contributed by atoms with E-state index in [-0.39, 0.29) is 30.7 Å². The van der Waals surface area contributed by atoms with Crippen LogP contribution in [0.1, 0.15) is 80.5 Å². The monoisotopic (exact) mass is 522 g/mol. The molecule has 7 N–H and O–H groups in total. The van der Waals surface area contributed by atoms with E-state index in [4.69, 9.17) is 17.2 Å². The number of carbonyl (C=O) groups is 5. The number of allylic oxidation sites excluding steroid dienone is 2. The van der Waals surface area contributed by atoms with Gasteiger partial charge in [0.25, 0.3) is 0 Å². The number of hydrogen-bond donors (Lipinski definition) is 4. The van der Waals surface area contributed by atoms with Crippen molar-refractivity contribution in [3.05, 3.63) is 70.9 Å². The number of hydrogen-bond acceptors (Lipinski definition) is 7. The molecule has 2 amide bonds. The first-order valence-corrected chi connectivity index (χ1v) is 12.1. The van der Waals surface area contributed by atoms with Crippen molar-refractivity contribution in [3.8, 4) is 0 Å². The number of anilines is 2.